The molecule has 1 N–H and O–H groups in total. The monoisotopic (exact) mass is 231 g/mol. The highest BCUT2D eigenvalue weighted by Gasteiger charge is 2.30. The van der Waals surface area contributed by atoms with Crippen molar-refractivity contribution in [3.05, 3.63) is 35.4 Å². The lowest BCUT2D eigenvalue weighted by atomic mass is 10.1. The first-order valence-corrected chi connectivity index (χ1v) is 5.33. The molecule has 1 aromatic carbocycles. The number of hydrogen-bond donors (Lipinski definition) is 1. The van der Waals surface area contributed by atoms with Crippen LogP contribution in [0.4, 0.5) is 13.2 Å². The highest BCUT2D eigenvalue weighted by atomic mass is 19.4. The summed E-state index contributed by atoms with van der Waals surface area (Å²) in [4.78, 5) is 0. The van der Waals surface area contributed by atoms with Gasteiger partial charge in [-0.3, -0.25) is 0 Å². The molecular formula is C12H16F3N. The molecule has 0 spiro atoms. The SMILES string of the molecule is CC[C@H](C)NCc1cccc(C(F)(F)F)c1. The Labute approximate surface area is 93.7 Å². The van der Waals surface area contributed by atoms with E-state index in [9.17, 15) is 13.2 Å². The van der Waals surface area contributed by atoms with Gasteiger partial charge in [-0.15, -0.1) is 0 Å². The van der Waals surface area contributed by atoms with E-state index in [2.05, 4.69) is 5.32 Å². The van der Waals surface area contributed by atoms with Crippen LogP contribution in [0.1, 0.15) is 31.4 Å². The molecule has 0 unspecified atom stereocenters. The molecule has 0 saturated heterocycles. The third-order valence-corrected chi connectivity index (χ3v) is 2.52. The van der Waals surface area contributed by atoms with E-state index in [1.165, 1.54) is 12.1 Å². The molecule has 16 heavy (non-hydrogen) atoms. The number of rotatable bonds is 4. The summed E-state index contributed by atoms with van der Waals surface area (Å²) < 4.78 is 37.2. The van der Waals surface area contributed by atoms with Crippen molar-refractivity contribution in [2.75, 3.05) is 0 Å². The molecule has 0 heterocycles. The normalized spacial score (nSPS) is 13.8. The van der Waals surface area contributed by atoms with Crippen LogP contribution in [0.15, 0.2) is 24.3 Å². The molecule has 0 aliphatic carbocycles. The number of alkyl halides is 3. The van der Waals surface area contributed by atoms with Crippen molar-refractivity contribution < 1.29 is 13.2 Å². The lowest BCUT2D eigenvalue weighted by molar-refractivity contribution is -0.137. The summed E-state index contributed by atoms with van der Waals surface area (Å²) in [6.45, 7) is 4.51. The van der Waals surface area contributed by atoms with E-state index in [4.69, 9.17) is 0 Å². The van der Waals surface area contributed by atoms with Crippen LogP contribution in [0.2, 0.25) is 0 Å². The molecule has 90 valence electrons. The minimum atomic E-state index is -4.26. The minimum Gasteiger partial charge on any atom is -0.310 e. The molecule has 1 aromatic rings. The van der Waals surface area contributed by atoms with Crippen molar-refractivity contribution in [2.24, 2.45) is 0 Å². The largest absolute Gasteiger partial charge is 0.416 e. The van der Waals surface area contributed by atoms with E-state index < -0.39 is 11.7 Å². The van der Waals surface area contributed by atoms with Gasteiger partial charge in [0.15, 0.2) is 0 Å². The molecule has 0 radical (unpaired) electrons. The second-order valence-corrected chi connectivity index (χ2v) is 3.89. The third-order valence-electron chi connectivity index (χ3n) is 2.52. The van der Waals surface area contributed by atoms with Gasteiger partial charge < -0.3 is 5.32 Å². The highest BCUT2D eigenvalue weighted by molar-refractivity contribution is 5.25. The van der Waals surface area contributed by atoms with Gasteiger partial charge in [-0.1, -0.05) is 25.1 Å². The first kappa shape index (κ1) is 13.0. The first-order valence-electron chi connectivity index (χ1n) is 5.33. The fourth-order valence-electron chi connectivity index (χ4n) is 1.29. The molecule has 1 atom stereocenters. The maximum Gasteiger partial charge on any atom is 0.416 e. The van der Waals surface area contributed by atoms with Gasteiger partial charge in [0.1, 0.15) is 0 Å². The predicted octanol–water partition coefficient (Wildman–Crippen LogP) is 3.59. The Kier molecular flexibility index (Phi) is 4.35. The van der Waals surface area contributed by atoms with Gasteiger partial charge in [-0.25, -0.2) is 0 Å². The zero-order valence-electron chi connectivity index (χ0n) is 9.43. The average molecular weight is 231 g/mol. The van der Waals surface area contributed by atoms with Crippen molar-refractivity contribution in [1.82, 2.24) is 5.32 Å². The quantitative estimate of drug-likeness (QED) is 0.835. The van der Waals surface area contributed by atoms with Gasteiger partial charge in [0.05, 0.1) is 5.56 Å². The number of halogens is 3. The highest BCUT2D eigenvalue weighted by Crippen LogP contribution is 2.29. The van der Waals surface area contributed by atoms with Gasteiger partial charge >= 0.3 is 6.18 Å². The van der Waals surface area contributed by atoms with E-state index in [1.807, 2.05) is 13.8 Å². The first-order chi connectivity index (χ1) is 7.43. The summed E-state index contributed by atoms with van der Waals surface area (Å²) in [5, 5.41) is 3.16. The summed E-state index contributed by atoms with van der Waals surface area (Å²) in [6.07, 6.45) is -3.30. The molecule has 1 rings (SSSR count). The zero-order chi connectivity index (χ0) is 12.2. The predicted molar refractivity (Wildman–Crippen MR) is 58.0 cm³/mol. The molecule has 0 aromatic heterocycles. The lowest BCUT2D eigenvalue weighted by Gasteiger charge is -2.12. The Balaban J connectivity index is 2.68. The Bertz CT molecular complexity index is 333. The molecule has 0 saturated carbocycles. The van der Waals surface area contributed by atoms with Crippen LogP contribution in [0.25, 0.3) is 0 Å². The van der Waals surface area contributed by atoms with Crippen molar-refractivity contribution in [3.63, 3.8) is 0 Å². The summed E-state index contributed by atoms with van der Waals surface area (Å²) in [7, 11) is 0. The molecule has 1 nitrogen and oxygen atoms in total. The summed E-state index contributed by atoms with van der Waals surface area (Å²) in [6, 6.07) is 5.73. The van der Waals surface area contributed by atoms with Gasteiger partial charge in [0.2, 0.25) is 0 Å². The van der Waals surface area contributed by atoms with Crippen molar-refractivity contribution >= 4 is 0 Å². The Morgan fingerprint density at radius 1 is 1.31 bits per heavy atom. The number of hydrogen-bond acceptors (Lipinski definition) is 1. The molecule has 0 aliphatic heterocycles. The van der Waals surface area contributed by atoms with E-state index in [0.717, 1.165) is 12.5 Å². The van der Waals surface area contributed by atoms with Gasteiger partial charge in [0.25, 0.3) is 0 Å². The van der Waals surface area contributed by atoms with Crippen LogP contribution < -0.4 is 5.32 Å². The fourth-order valence-corrected chi connectivity index (χ4v) is 1.29. The number of nitrogens with one attached hydrogen (secondary N) is 1. The smallest absolute Gasteiger partial charge is 0.310 e. The van der Waals surface area contributed by atoms with Gasteiger partial charge in [-0.2, -0.15) is 13.2 Å². The number of benzene rings is 1. The maximum atomic E-state index is 12.4. The van der Waals surface area contributed by atoms with Crippen LogP contribution in [0.5, 0.6) is 0 Å². The van der Waals surface area contributed by atoms with Gasteiger partial charge in [-0.05, 0) is 25.0 Å². The van der Waals surface area contributed by atoms with Crippen LogP contribution >= 0.6 is 0 Å². The summed E-state index contributed by atoms with van der Waals surface area (Å²) in [5.41, 5.74) is 0.0751. The Hall–Kier alpha value is -1.03. The second-order valence-electron chi connectivity index (χ2n) is 3.89. The van der Waals surface area contributed by atoms with Crippen molar-refractivity contribution in [3.8, 4) is 0 Å². The molecule has 0 bridgehead atoms. The van der Waals surface area contributed by atoms with Crippen molar-refractivity contribution in [2.45, 2.75) is 39.0 Å². The Morgan fingerprint density at radius 2 is 2.00 bits per heavy atom. The standard InChI is InChI=1S/C12H16F3N/c1-3-9(2)16-8-10-5-4-6-11(7-10)12(13,14)15/h4-7,9,16H,3,8H2,1-2H3/t9-/m0/s1. The zero-order valence-corrected chi connectivity index (χ0v) is 9.43. The lowest BCUT2D eigenvalue weighted by Crippen LogP contribution is -2.24. The maximum absolute atomic E-state index is 12.4. The molecular weight excluding hydrogens is 215 g/mol. The van der Waals surface area contributed by atoms with Crippen molar-refractivity contribution in [1.29, 1.82) is 0 Å². The molecule has 0 fully saturated rings. The topological polar surface area (TPSA) is 12.0 Å². The average Bonchev–Trinajstić information content (AvgIpc) is 2.25. The molecule has 4 heteroatoms. The van der Waals surface area contributed by atoms with Crippen LogP contribution in [-0.4, -0.2) is 6.04 Å². The summed E-state index contributed by atoms with van der Waals surface area (Å²) >= 11 is 0. The fraction of sp³-hybridized carbons (Fsp3) is 0.500. The van der Waals surface area contributed by atoms with Crippen LogP contribution in [0.3, 0.4) is 0 Å². The van der Waals surface area contributed by atoms with E-state index in [-0.39, 0.29) is 0 Å². The third kappa shape index (κ3) is 3.85. The molecule has 0 aliphatic rings. The second kappa shape index (κ2) is 5.34. The van der Waals surface area contributed by atoms with Crippen LogP contribution in [-0.2, 0) is 12.7 Å². The van der Waals surface area contributed by atoms with Gasteiger partial charge in [0, 0.05) is 12.6 Å². The Morgan fingerprint density at radius 3 is 2.56 bits per heavy atom. The van der Waals surface area contributed by atoms with E-state index in [0.29, 0.717) is 18.2 Å². The van der Waals surface area contributed by atoms with E-state index in [1.54, 1.807) is 6.07 Å². The van der Waals surface area contributed by atoms with Crippen LogP contribution in [0, 0.1) is 0 Å². The minimum absolute atomic E-state index is 0.314. The summed E-state index contributed by atoms with van der Waals surface area (Å²) in [5.74, 6) is 0. The van der Waals surface area contributed by atoms with E-state index >= 15 is 0 Å². The molecule has 0 amide bonds.